The van der Waals surface area contributed by atoms with Gasteiger partial charge in [0.1, 0.15) is 23.9 Å². The van der Waals surface area contributed by atoms with E-state index < -0.39 is 53.5 Å². The van der Waals surface area contributed by atoms with Crippen molar-refractivity contribution in [2.24, 2.45) is 5.92 Å². The summed E-state index contributed by atoms with van der Waals surface area (Å²) in [5.41, 5.74) is 0.818. The minimum absolute atomic E-state index is 0.0481. The fraction of sp³-hybridized carbons (Fsp3) is 0.500. The molecule has 0 aliphatic carbocycles. The topological polar surface area (TPSA) is 140 Å². The average Bonchev–Trinajstić information content (AvgIpc) is 3.57. The highest BCUT2D eigenvalue weighted by molar-refractivity contribution is 6.03. The molecule has 4 rings (SSSR count). The summed E-state index contributed by atoms with van der Waals surface area (Å²) in [4.78, 5) is 54.1. The van der Waals surface area contributed by atoms with Crippen LogP contribution >= 0.6 is 0 Å². The number of benzene rings is 1. The van der Waals surface area contributed by atoms with Crippen LogP contribution in [0.2, 0.25) is 0 Å². The minimum Gasteiger partial charge on any atom is -0.337 e. The molecule has 2 N–H and O–H groups in total. The number of fused-ring (bicyclic) bond motifs is 2. The second kappa shape index (κ2) is 11.1. The molecule has 0 unspecified atom stereocenters. The average molecular weight is 588 g/mol. The lowest BCUT2D eigenvalue weighted by Gasteiger charge is -2.34. The Morgan fingerprint density at radius 3 is 2.45 bits per heavy atom. The predicted molar refractivity (Wildman–Crippen MR) is 144 cm³/mol. The number of hydrogen-bond donors (Lipinski definition) is 2. The van der Waals surface area contributed by atoms with Gasteiger partial charge in [-0.2, -0.15) is 23.5 Å². The summed E-state index contributed by atoms with van der Waals surface area (Å²) in [6.07, 6.45) is -5.11. The molecule has 14 heteroatoms. The summed E-state index contributed by atoms with van der Waals surface area (Å²) < 4.78 is 39.8. The Morgan fingerprint density at radius 1 is 1.24 bits per heavy atom. The first kappa shape index (κ1) is 30.5. The number of nitriles is 1. The highest BCUT2D eigenvalue weighted by Crippen LogP contribution is 2.44. The molecule has 42 heavy (non-hydrogen) atoms. The number of anilines is 1. The van der Waals surface area contributed by atoms with Crippen LogP contribution in [-0.2, 0) is 24.7 Å². The summed E-state index contributed by atoms with van der Waals surface area (Å²) in [6.45, 7) is 6.31. The molecule has 1 aromatic carbocycles. The Kier molecular flexibility index (Phi) is 8.08. The predicted octanol–water partition coefficient (Wildman–Crippen LogP) is 2.57. The lowest BCUT2D eigenvalue weighted by molar-refractivity contribution is -0.175. The van der Waals surface area contributed by atoms with E-state index in [2.05, 4.69) is 11.4 Å². The van der Waals surface area contributed by atoms with Gasteiger partial charge in [-0.25, -0.2) is 4.68 Å². The van der Waals surface area contributed by atoms with Gasteiger partial charge in [-0.05, 0) is 26.2 Å². The zero-order valence-electron chi connectivity index (χ0n) is 23.8. The Balaban J connectivity index is 1.64. The van der Waals surface area contributed by atoms with Gasteiger partial charge in [0.05, 0.1) is 18.3 Å². The SMILES string of the molecule is Cc1c(-c2ccccc2)nn2c1NC(=O)[C@]21C[C@@H](C#N)N(C(=O)[C@H](CC(C)C)N(C)C(=O)[C@H](C)NC(=O)C(F)(F)F)C1. The van der Waals surface area contributed by atoms with E-state index >= 15 is 0 Å². The Morgan fingerprint density at radius 2 is 1.88 bits per heavy atom. The number of halogens is 3. The van der Waals surface area contributed by atoms with E-state index in [9.17, 15) is 37.6 Å². The van der Waals surface area contributed by atoms with Crippen molar-refractivity contribution in [3.8, 4) is 17.3 Å². The van der Waals surface area contributed by atoms with Crippen molar-refractivity contribution >= 4 is 29.4 Å². The van der Waals surface area contributed by atoms with Gasteiger partial charge in [0.2, 0.25) is 11.8 Å². The number of carbonyl (C=O) groups is 4. The molecule has 224 valence electrons. The molecule has 1 spiro atoms. The maximum atomic E-state index is 14.0. The van der Waals surface area contributed by atoms with E-state index in [4.69, 9.17) is 5.10 Å². The molecule has 1 saturated heterocycles. The van der Waals surface area contributed by atoms with E-state index in [1.807, 2.05) is 37.3 Å². The third-order valence-corrected chi connectivity index (χ3v) is 7.77. The molecule has 1 aromatic heterocycles. The van der Waals surface area contributed by atoms with Crippen molar-refractivity contribution in [2.75, 3.05) is 18.9 Å². The van der Waals surface area contributed by atoms with Crippen molar-refractivity contribution in [3.05, 3.63) is 35.9 Å². The summed E-state index contributed by atoms with van der Waals surface area (Å²) in [5, 5.41) is 19.2. The smallest absolute Gasteiger partial charge is 0.337 e. The molecule has 4 atom stereocenters. The number of likely N-dealkylation sites (tertiary alicyclic amines) is 1. The highest BCUT2D eigenvalue weighted by atomic mass is 19.4. The van der Waals surface area contributed by atoms with Gasteiger partial charge in [0, 0.05) is 24.6 Å². The number of nitrogens with one attached hydrogen (secondary N) is 2. The highest BCUT2D eigenvalue weighted by Gasteiger charge is 2.58. The fourth-order valence-electron chi connectivity index (χ4n) is 5.56. The lowest BCUT2D eigenvalue weighted by atomic mass is 9.96. The number of amides is 4. The second-order valence-electron chi connectivity index (χ2n) is 11.2. The van der Waals surface area contributed by atoms with Crippen molar-refractivity contribution < 1.29 is 32.3 Å². The summed E-state index contributed by atoms with van der Waals surface area (Å²) in [7, 11) is 1.26. The third kappa shape index (κ3) is 5.31. The van der Waals surface area contributed by atoms with E-state index in [-0.39, 0.29) is 25.3 Å². The van der Waals surface area contributed by atoms with Crippen LogP contribution in [-0.4, -0.2) is 81.1 Å². The molecule has 1 fully saturated rings. The Hall–Kier alpha value is -4.41. The molecular weight excluding hydrogens is 555 g/mol. The number of rotatable bonds is 7. The molecular formula is C28H32F3N7O4. The molecule has 2 aromatic rings. The number of hydrogen-bond acceptors (Lipinski definition) is 6. The van der Waals surface area contributed by atoms with Crippen molar-refractivity contribution in [1.82, 2.24) is 24.9 Å². The van der Waals surface area contributed by atoms with Crippen molar-refractivity contribution in [1.29, 1.82) is 5.26 Å². The lowest BCUT2D eigenvalue weighted by Crippen LogP contribution is -2.56. The molecule has 0 radical (unpaired) electrons. The standard InChI is InChI=1S/C28H32F3N7O4/c1-15(2)11-20(36(5)23(39)17(4)33-26(42)28(29,30)31)24(40)37-14-27(12-19(37)13-32)25(41)34-22-16(3)21(35-38(22)27)18-9-7-6-8-10-18/h6-10,15,17,19-20H,11-12,14H2,1-5H3,(H,33,42)(H,34,41)/t17-,19-,20-,27+/m0/s1. The quantitative estimate of drug-likeness (QED) is 0.510. The van der Waals surface area contributed by atoms with Gasteiger partial charge in [0.15, 0.2) is 5.54 Å². The zero-order chi connectivity index (χ0) is 31.1. The van der Waals surface area contributed by atoms with Crippen LogP contribution in [0, 0.1) is 24.2 Å². The molecule has 2 aliphatic heterocycles. The van der Waals surface area contributed by atoms with E-state index in [1.54, 1.807) is 19.2 Å². The number of aromatic nitrogens is 2. The first-order valence-corrected chi connectivity index (χ1v) is 13.4. The van der Waals surface area contributed by atoms with Crippen molar-refractivity contribution in [2.45, 2.75) is 70.4 Å². The Bertz CT molecular complexity index is 1450. The molecule has 0 bridgehead atoms. The van der Waals surface area contributed by atoms with Gasteiger partial charge >= 0.3 is 12.1 Å². The summed E-state index contributed by atoms with van der Waals surface area (Å²) in [5.74, 6) is -3.91. The third-order valence-electron chi connectivity index (χ3n) is 7.77. The molecule has 4 amide bonds. The number of likely N-dealkylation sites (N-methyl/N-ethyl adjacent to an activating group) is 1. The Labute approximate surface area is 240 Å². The summed E-state index contributed by atoms with van der Waals surface area (Å²) in [6, 6.07) is 7.64. The largest absolute Gasteiger partial charge is 0.471 e. The van der Waals surface area contributed by atoms with Gasteiger partial charge in [-0.15, -0.1) is 0 Å². The number of alkyl halides is 3. The minimum atomic E-state index is -5.18. The van der Waals surface area contributed by atoms with Crippen molar-refractivity contribution in [3.63, 3.8) is 0 Å². The van der Waals surface area contributed by atoms with Gasteiger partial charge < -0.3 is 20.4 Å². The fourth-order valence-corrected chi connectivity index (χ4v) is 5.56. The van der Waals surface area contributed by atoms with E-state index in [0.717, 1.165) is 23.0 Å². The molecule has 3 heterocycles. The van der Waals surface area contributed by atoms with Crippen LogP contribution in [0.4, 0.5) is 19.0 Å². The second-order valence-corrected chi connectivity index (χ2v) is 11.2. The maximum Gasteiger partial charge on any atom is 0.471 e. The zero-order valence-corrected chi connectivity index (χ0v) is 23.8. The van der Waals surface area contributed by atoms with Gasteiger partial charge in [-0.1, -0.05) is 44.2 Å². The van der Waals surface area contributed by atoms with Crippen LogP contribution < -0.4 is 10.6 Å². The molecule has 2 aliphatic rings. The van der Waals surface area contributed by atoms with Crippen LogP contribution in [0.1, 0.15) is 39.2 Å². The summed E-state index contributed by atoms with van der Waals surface area (Å²) >= 11 is 0. The monoisotopic (exact) mass is 587 g/mol. The normalized spacial score (nSPS) is 21.1. The molecule has 11 nitrogen and oxygen atoms in total. The number of carbonyl (C=O) groups excluding carboxylic acids is 4. The first-order chi connectivity index (χ1) is 19.6. The van der Waals surface area contributed by atoms with E-state index in [0.29, 0.717) is 11.5 Å². The molecule has 0 saturated carbocycles. The van der Waals surface area contributed by atoms with Gasteiger partial charge in [0.25, 0.3) is 5.91 Å². The van der Waals surface area contributed by atoms with Gasteiger partial charge in [-0.3, -0.25) is 19.2 Å². The van der Waals surface area contributed by atoms with E-state index in [1.165, 1.54) is 16.6 Å². The number of nitrogens with zero attached hydrogens (tertiary/aromatic N) is 5. The first-order valence-electron chi connectivity index (χ1n) is 13.4. The maximum absolute atomic E-state index is 14.0. The van der Waals surface area contributed by atoms with Crippen LogP contribution in [0.5, 0.6) is 0 Å². The van der Waals surface area contributed by atoms with Crippen LogP contribution in [0.3, 0.4) is 0 Å². The van der Waals surface area contributed by atoms with Crippen LogP contribution in [0.25, 0.3) is 11.3 Å². The van der Waals surface area contributed by atoms with Crippen LogP contribution in [0.15, 0.2) is 30.3 Å².